The molecule has 0 unspecified atom stereocenters. The minimum atomic E-state index is -0.931. The van der Waals surface area contributed by atoms with E-state index in [1.165, 1.54) is 58.7 Å². The molecule has 158 valence electrons. The molecule has 5 aromatic rings. The molecule has 0 radical (unpaired) electrons. The number of hydrogen-bond acceptors (Lipinski definition) is 3. The van der Waals surface area contributed by atoms with E-state index >= 15 is 0 Å². The van der Waals surface area contributed by atoms with Crippen LogP contribution < -0.4 is 5.46 Å². The van der Waals surface area contributed by atoms with Crippen LogP contribution in [0.25, 0.3) is 53.2 Å². The molecular weight excluding hydrogens is 411 g/mol. The van der Waals surface area contributed by atoms with E-state index in [0.29, 0.717) is 7.48 Å². The standard InChI is InChI=1S/C28H25BO2S/c1-27(2,30)28(3,4)31-29-22-13-8-14-23-25(22)21-15-20-17-10-6-5-9-16(17)18-11-7-12-19(24(18)20)26(21)32-23/h5-15,29-30H,1-4H3. The summed E-state index contributed by atoms with van der Waals surface area (Å²) in [5.74, 6) is 0. The zero-order valence-corrected chi connectivity index (χ0v) is 19.6. The van der Waals surface area contributed by atoms with Gasteiger partial charge in [0.05, 0.1) is 11.2 Å². The molecule has 1 N–H and O–H groups in total. The van der Waals surface area contributed by atoms with Gasteiger partial charge in [0.2, 0.25) is 0 Å². The van der Waals surface area contributed by atoms with Gasteiger partial charge in [-0.3, -0.25) is 0 Å². The molecular formula is C28H25BO2S. The van der Waals surface area contributed by atoms with Crippen molar-refractivity contribution in [2.45, 2.75) is 38.9 Å². The van der Waals surface area contributed by atoms with Crippen molar-refractivity contribution in [3.8, 4) is 22.3 Å². The van der Waals surface area contributed by atoms with E-state index in [1.54, 1.807) is 13.8 Å². The summed E-state index contributed by atoms with van der Waals surface area (Å²) < 4.78 is 8.89. The number of benzene rings is 4. The predicted molar refractivity (Wildman–Crippen MR) is 140 cm³/mol. The SMILES string of the molecule is CC(C)(O)C(C)(C)OBc1cccc2sc3c4cccc5c4c(cc3c12)-c1ccccc1-5. The second kappa shape index (κ2) is 6.68. The molecule has 1 heterocycles. The summed E-state index contributed by atoms with van der Waals surface area (Å²) >= 11 is 1.86. The molecule has 0 fully saturated rings. The fourth-order valence-corrected chi connectivity index (χ4v) is 6.04. The largest absolute Gasteiger partial charge is 0.427 e. The Kier molecular flexibility index (Phi) is 4.17. The van der Waals surface area contributed by atoms with Gasteiger partial charge in [-0.25, -0.2) is 0 Å². The van der Waals surface area contributed by atoms with Gasteiger partial charge in [-0.1, -0.05) is 54.6 Å². The first-order chi connectivity index (χ1) is 15.3. The maximum Gasteiger partial charge on any atom is 0.310 e. The Morgan fingerprint density at radius 2 is 1.44 bits per heavy atom. The van der Waals surface area contributed by atoms with Crippen molar-refractivity contribution in [3.05, 3.63) is 66.7 Å². The Bertz CT molecular complexity index is 1540. The van der Waals surface area contributed by atoms with Crippen LogP contribution >= 0.6 is 11.3 Å². The van der Waals surface area contributed by atoms with Crippen LogP contribution in [-0.4, -0.2) is 23.8 Å². The highest BCUT2D eigenvalue weighted by atomic mass is 32.1. The number of fused-ring (bicyclic) bond motifs is 7. The number of thiophene rings is 1. The summed E-state index contributed by atoms with van der Waals surface area (Å²) in [5, 5.41) is 15.8. The molecule has 6 rings (SSSR count). The maximum absolute atomic E-state index is 10.5. The van der Waals surface area contributed by atoms with Gasteiger partial charge >= 0.3 is 7.48 Å². The van der Waals surface area contributed by atoms with E-state index in [4.69, 9.17) is 4.65 Å². The van der Waals surface area contributed by atoms with Gasteiger partial charge in [0.25, 0.3) is 0 Å². The van der Waals surface area contributed by atoms with Crippen LogP contribution in [0.4, 0.5) is 0 Å². The molecule has 2 nitrogen and oxygen atoms in total. The van der Waals surface area contributed by atoms with Crippen molar-refractivity contribution in [3.63, 3.8) is 0 Å². The molecule has 0 atom stereocenters. The summed E-state index contributed by atoms with van der Waals surface area (Å²) in [7, 11) is 0.462. The summed E-state index contributed by atoms with van der Waals surface area (Å²) in [4.78, 5) is 0. The van der Waals surface area contributed by atoms with Crippen LogP contribution in [0.1, 0.15) is 27.7 Å². The smallest absolute Gasteiger partial charge is 0.310 e. The molecule has 32 heavy (non-hydrogen) atoms. The van der Waals surface area contributed by atoms with Crippen molar-refractivity contribution < 1.29 is 9.76 Å². The second-order valence-corrected chi connectivity index (χ2v) is 10.9. The van der Waals surface area contributed by atoms with Gasteiger partial charge in [-0.05, 0) is 78.3 Å². The normalized spacial score (nSPS) is 13.3. The number of rotatable bonds is 4. The van der Waals surface area contributed by atoms with E-state index in [2.05, 4.69) is 66.7 Å². The lowest BCUT2D eigenvalue weighted by Gasteiger charge is -2.37. The molecule has 0 aliphatic heterocycles. The lowest BCUT2D eigenvalue weighted by molar-refractivity contribution is -0.0893. The third kappa shape index (κ3) is 2.73. The summed E-state index contributed by atoms with van der Waals surface area (Å²) in [6, 6.07) is 24.3. The maximum atomic E-state index is 10.5. The molecule has 0 bridgehead atoms. The van der Waals surface area contributed by atoms with Crippen molar-refractivity contribution in [2.24, 2.45) is 0 Å². The highest BCUT2D eigenvalue weighted by Crippen LogP contribution is 2.51. The van der Waals surface area contributed by atoms with Crippen LogP contribution in [0.15, 0.2) is 66.7 Å². The van der Waals surface area contributed by atoms with Crippen LogP contribution in [0.2, 0.25) is 0 Å². The molecule has 4 aromatic carbocycles. The molecule has 0 saturated heterocycles. The highest BCUT2D eigenvalue weighted by molar-refractivity contribution is 7.27. The lowest BCUT2D eigenvalue weighted by atomic mass is 9.80. The fourth-order valence-electron chi connectivity index (χ4n) is 4.78. The first-order valence-electron chi connectivity index (χ1n) is 11.1. The Balaban J connectivity index is 1.60. The van der Waals surface area contributed by atoms with Gasteiger partial charge in [0.1, 0.15) is 0 Å². The highest BCUT2D eigenvalue weighted by Gasteiger charge is 2.36. The summed E-state index contributed by atoms with van der Waals surface area (Å²) in [5.41, 5.74) is 4.88. The van der Waals surface area contributed by atoms with E-state index < -0.39 is 11.2 Å². The topological polar surface area (TPSA) is 29.5 Å². The van der Waals surface area contributed by atoms with Crippen LogP contribution in [0, 0.1) is 0 Å². The zero-order chi connectivity index (χ0) is 22.3. The molecule has 1 aromatic heterocycles. The van der Waals surface area contributed by atoms with Gasteiger partial charge in [-0.15, -0.1) is 11.3 Å². The lowest BCUT2D eigenvalue weighted by Crippen LogP contribution is -2.49. The fraction of sp³-hybridized carbons (Fsp3) is 0.214. The van der Waals surface area contributed by atoms with E-state index in [1.807, 2.05) is 25.2 Å². The summed E-state index contributed by atoms with van der Waals surface area (Å²) in [6.45, 7) is 7.50. The minimum Gasteiger partial charge on any atom is -0.427 e. The molecule has 0 saturated carbocycles. The first-order valence-corrected chi connectivity index (χ1v) is 11.9. The Labute approximate surface area is 192 Å². The van der Waals surface area contributed by atoms with Crippen molar-refractivity contribution in [1.29, 1.82) is 0 Å². The third-order valence-electron chi connectivity index (χ3n) is 7.27. The molecule has 1 aliphatic carbocycles. The van der Waals surface area contributed by atoms with Crippen LogP contribution in [-0.2, 0) is 4.65 Å². The molecule has 1 aliphatic rings. The van der Waals surface area contributed by atoms with Crippen molar-refractivity contribution in [2.75, 3.05) is 0 Å². The van der Waals surface area contributed by atoms with Crippen molar-refractivity contribution >= 4 is 55.2 Å². The van der Waals surface area contributed by atoms with Gasteiger partial charge < -0.3 is 9.76 Å². The van der Waals surface area contributed by atoms with Gasteiger partial charge in [0.15, 0.2) is 0 Å². The minimum absolute atomic E-state index is 0.462. The first kappa shape index (κ1) is 20.0. The number of aliphatic hydroxyl groups is 1. The van der Waals surface area contributed by atoms with E-state index in [9.17, 15) is 5.11 Å². The Morgan fingerprint density at radius 3 is 2.19 bits per heavy atom. The Hall–Kier alpha value is -2.66. The average molecular weight is 436 g/mol. The average Bonchev–Trinajstić information content (AvgIpc) is 3.30. The third-order valence-corrected chi connectivity index (χ3v) is 8.48. The van der Waals surface area contributed by atoms with Crippen LogP contribution in [0.3, 0.4) is 0 Å². The predicted octanol–water partition coefficient (Wildman–Crippen LogP) is 6.40. The molecule has 0 amide bonds. The monoisotopic (exact) mass is 436 g/mol. The zero-order valence-electron chi connectivity index (χ0n) is 18.8. The van der Waals surface area contributed by atoms with Crippen molar-refractivity contribution in [1.82, 2.24) is 0 Å². The quantitative estimate of drug-likeness (QED) is 0.324. The van der Waals surface area contributed by atoms with Gasteiger partial charge in [-0.2, -0.15) is 0 Å². The number of hydrogen-bond donors (Lipinski definition) is 1. The summed E-state index contributed by atoms with van der Waals surface area (Å²) in [6.07, 6.45) is 0. The van der Waals surface area contributed by atoms with Gasteiger partial charge in [0, 0.05) is 20.2 Å². The molecule has 0 spiro atoms. The Morgan fingerprint density at radius 1 is 0.750 bits per heavy atom. The van der Waals surface area contributed by atoms with Crippen LogP contribution in [0.5, 0.6) is 0 Å². The molecule has 4 heteroatoms. The van der Waals surface area contributed by atoms with E-state index in [-0.39, 0.29) is 0 Å². The van der Waals surface area contributed by atoms with E-state index in [0.717, 1.165) is 0 Å². The second-order valence-electron chi connectivity index (χ2n) is 9.82.